The largest absolute Gasteiger partial charge is 0.416 e. The molecule has 0 saturated carbocycles. The predicted molar refractivity (Wildman–Crippen MR) is 64.3 cm³/mol. The summed E-state index contributed by atoms with van der Waals surface area (Å²) in [4.78, 5) is 11.6. The van der Waals surface area contributed by atoms with Gasteiger partial charge in [0.15, 0.2) is 5.15 Å². The van der Waals surface area contributed by atoms with Gasteiger partial charge >= 0.3 is 6.18 Å². The Bertz CT molecular complexity index is 682. The molecule has 0 spiro atoms. The lowest BCUT2D eigenvalue weighted by Crippen LogP contribution is -2.21. The van der Waals surface area contributed by atoms with Gasteiger partial charge in [-0.3, -0.25) is 4.79 Å². The molecule has 0 saturated heterocycles. The van der Waals surface area contributed by atoms with Gasteiger partial charge in [0.2, 0.25) is 0 Å². The molecular formula is C11H7ClF3N3O. The zero-order chi connectivity index (χ0) is 14.2. The summed E-state index contributed by atoms with van der Waals surface area (Å²) in [5.74, 6) is 0. The molecule has 2 aromatic rings. The van der Waals surface area contributed by atoms with E-state index in [1.54, 1.807) is 0 Å². The molecule has 0 aliphatic carbocycles. The van der Waals surface area contributed by atoms with Gasteiger partial charge in [-0.05, 0) is 18.2 Å². The van der Waals surface area contributed by atoms with Crippen LogP contribution in [0.1, 0.15) is 5.56 Å². The van der Waals surface area contributed by atoms with Crippen LogP contribution in [-0.4, -0.2) is 9.78 Å². The first-order valence-corrected chi connectivity index (χ1v) is 5.40. The van der Waals surface area contributed by atoms with Crippen molar-refractivity contribution in [2.45, 2.75) is 6.18 Å². The van der Waals surface area contributed by atoms with Crippen LogP contribution in [0.5, 0.6) is 0 Å². The number of halogens is 4. The second-order valence-electron chi connectivity index (χ2n) is 3.69. The third kappa shape index (κ3) is 2.70. The van der Waals surface area contributed by atoms with Gasteiger partial charge in [-0.15, -0.1) is 0 Å². The predicted octanol–water partition coefficient (Wildman–Crippen LogP) is 2.49. The molecule has 0 radical (unpaired) electrons. The van der Waals surface area contributed by atoms with Gasteiger partial charge in [-0.2, -0.15) is 23.0 Å². The first-order valence-electron chi connectivity index (χ1n) is 5.02. The summed E-state index contributed by atoms with van der Waals surface area (Å²) < 4.78 is 38.5. The molecule has 0 aliphatic heterocycles. The first-order chi connectivity index (χ1) is 8.79. The maximum absolute atomic E-state index is 12.6. The molecule has 4 nitrogen and oxygen atoms in total. The highest BCUT2D eigenvalue weighted by Gasteiger charge is 2.30. The lowest BCUT2D eigenvalue weighted by atomic mass is 10.2. The van der Waals surface area contributed by atoms with Gasteiger partial charge in [0, 0.05) is 6.07 Å². The molecule has 0 aliphatic rings. The van der Waals surface area contributed by atoms with Crippen molar-refractivity contribution < 1.29 is 13.2 Å². The molecule has 0 fully saturated rings. The van der Waals surface area contributed by atoms with E-state index in [0.717, 1.165) is 22.9 Å². The standard InChI is InChI=1S/C11H7ClF3N3O/c12-10-8(16)5-9(19)18(17-10)7-3-1-2-6(4-7)11(13,14)15/h1-5H,16H2. The fraction of sp³-hybridized carbons (Fsp3) is 0.0909. The van der Waals surface area contributed by atoms with Gasteiger partial charge in [0.25, 0.3) is 5.56 Å². The number of rotatable bonds is 1. The van der Waals surface area contributed by atoms with Crippen molar-refractivity contribution in [1.29, 1.82) is 0 Å². The number of nitrogens with two attached hydrogens (primary N) is 1. The van der Waals surface area contributed by atoms with Gasteiger partial charge in [-0.1, -0.05) is 17.7 Å². The molecule has 0 amide bonds. The molecule has 0 bridgehead atoms. The number of alkyl halides is 3. The van der Waals surface area contributed by atoms with Crippen LogP contribution < -0.4 is 11.3 Å². The van der Waals surface area contributed by atoms with Crippen LogP contribution in [0.25, 0.3) is 5.69 Å². The van der Waals surface area contributed by atoms with Crippen molar-refractivity contribution in [1.82, 2.24) is 9.78 Å². The van der Waals surface area contributed by atoms with Crippen LogP contribution in [0.2, 0.25) is 5.15 Å². The number of aromatic nitrogens is 2. The third-order valence-electron chi connectivity index (χ3n) is 2.33. The maximum atomic E-state index is 12.6. The second kappa shape index (κ2) is 4.58. The molecule has 100 valence electrons. The summed E-state index contributed by atoms with van der Waals surface area (Å²) >= 11 is 5.65. The van der Waals surface area contributed by atoms with Crippen molar-refractivity contribution in [3.05, 3.63) is 51.4 Å². The van der Waals surface area contributed by atoms with Gasteiger partial charge < -0.3 is 5.73 Å². The Labute approximate surface area is 110 Å². The Kier molecular flexibility index (Phi) is 3.23. The molecule has 1 aromatic carbocycles. The average Bonchev–Trinajstić information content (AvgIpc) is 2.33. The Morgan fingerprint density at radius 3 is 2.58 bits per heavy atom. The minimum atomic E-state index is -4.50. The smallest absolute Gasteiger partial charge is 0.396 e. The van der Waals surface area contributed by atoms with Crippen LogP contribution in [0.15, 0.2) is 35.1 Å². The Hall–Kier alpha value is -2.02. The van der Waals surface area contributed by atoms with Crippen LogP contribution in [0.3, 0.4) is 0 Å². The van der Waals surface area contributed by atoms with Crippen molar-refractivity contribution in [3.8, 4) is 5.69 Å². The molecule has 1 heterocycles. The Balaban J connectivity index is 2.60. The first kappa shape index (κ1) is 13.4. The molecular weight excluding hydrogens is 283 g/mol. The molecule has 19 heavy (non-hydrogen) atoms. The van der Waals surface area contributed by atoms with E-state index < -0.39 is 17.3 Å². The third-order valence-corrected chi connectivity index (χ3v) is 2.63. The van der Waals surface area contributed by atoms with E-state index in [4.69, 9.17) is 17.3 Å². The number of hydrogen-bond acceptors (Lipinski definition) is 3. The summed E-state index contributed by atoms with van der Waals surface area (Å²) in [6.07, 6.45) is -4.50. The summed E-state index contributed by atoms with van der Waals surface area (Å²) in [6.45, 7) is 0. The van der Waals surface area contributed by atoms with Crippen LogP contribution >= 0.6 is 11.6 Å². The molecule has 2 rings (SSSR count). The summed E-state index contributed by atoms with van der Waals surface area (Å²) in [7, 11) is 0. The fourth-order valence-corrected chi connectivity index (χ4v) is 1.58. The number of nitrogen functional groups attached to an aromatic ring is 1. The van der Waals surface area contributed by atoms with Crippen molar-refractivity contribution >= 4 is 17.3 Å². The average molecular weight is 290 g/mol. The Morgan fingerprint density at radius 2 is 1.95 bits per heavy atom. The van der Waals surface area contributed by atoms with E-state index in [1.165, 1.54) is 12.1 Å². The number of benzene rings is 1. The minimum Gasteiger partial charge on any atom is -0.396 e. The number of anilines is 1. The quantitative estimate of drug-likeness (QED) is 0.877. The lowest BCUT2D eigenvalue weighted by molar-refractivity contribution is -0.137. The van der Waals surface area contributed by atoms with E-state index in [2.05, 4.69) is 5.10 Å². The normalized spacial score (nSPS) is 11.6. The summed E-state index contributed by atoms with van der Waals surface area (Å²) in [5.41, 5.74) is 3.76. The topological polar surface area (TPSA) is 60.9 Å². The van der Waals surface area contributed by atoms with Crippen LogP contribution in [0.4, 0.5) is 18.9 Å². The van der Waals surface area contributed by atoms with Crippen molar-refractivity contribution in [2.75, 3.05) is 5.73 Å². The van der Waals surface area contributed by atoms with Crippen LogP contribution in [0, 0.1) is 0 Å². The Morgan fingerprint density at radius 1 is 1.26 bits per heavy atom. The van der Waals surface area contributed by atoms with Gasteiger partial charge in [0.05, 0.1) is 16.9 Å². The van der Waals surface area contributed by atoms with E-state index in [-0.39, 0.29) is 16.5 Å². The van der Waals surface area contributed by atoms with E-state index in [0.29, 0.717) is 0 Å². The van der Waals surface area contributed by atoms with Crippen molar-refractivity contribution in [3.63, 3.8) is 0 Å². The van der Waals surface area contributed by atoms with E-state index >= 15 is 0 Å². The van der Waals surface area contributed by atoms with Crippen molar-refractivity contribution in [2.24, 2.45) is 0 Å². The van der Waals surface area contributed by atoms with E-state index in [9.17, 15) is 18.0 Å². The number of nitrogens with zero attached hydrogens (tertiary/aromatic N) is 2. The second-order valence-corrected chi connectivity index (χ2v) is 4.05. The molecule has 8 heteroatoms. The molecule has 0 atom stereocenters. The molecule has 2 N–H and O–H groups in total. The summed E-state index contributed by atoms with van der Waals surface area (Å²) in [6, 6.07) is 5.19. The molecule has 0 unspecified atom stereocenters. The number of hydrogen-bond donors (Lipinski definition) is 1. The highest BCUT2D eigenvalue weighted by molar-refractivity contribution is 6.31. The minimum absolute atomic E-state index is 0.0325. The zero-order valence-corrected chi connectivity index (χ0v) is 10.0. The fourth-order valence-electron chi connectivity index (χ4n) is 1.45. The van der Waals surface area contributed by atoms with E-state index in [1.807, 2.05) is 0 Å². The SMILES string of the molecule is Nc1cc(=O)n(-c2cccc(C(F)(F)F)c2)nc1Cl. The summed E-state index contributed by atoms with van der Waals surface area (Å²) in [5, 5.41) is 3.49. The van der Waals surface area contributed by atoms with Gasteiger partial charge in [0.1, 0.15) is 0 Å². The van der Waals surface area contributed by atoms with Gasteiger partial charge in [-0.25, -0.2) is 0 Å². The lowest BCUT2D eigenvalue weighted by Gasteiger charge is -2.10. The zero-order valence-electron chi connectivity index (χ0n) is 9.28. The highest BCUT2D eigenvalue weighted by atomic mass is 35.5. The maximum Gasteiger partial charge on any atom is 0.416 e. The molecule has 1 aromatic heterocycles. The monoisotopic (exact) mass is 289 g/mol. The highest BCUT2D eigenvalue weighted by Crippen LogP contribution is 2.30. The van der Waals surface area contributed by atoms with Crippen LogP contribution in [-0.2, 0) is 6.18 Å².